The van der Waals surface area contributed by atoms with Crippen LogP contribution < -0.4 is 0 Å². The Morgan fingerprint density at radius 3 is 1.52 bits per heavy atom. The molecule has 1 heterocycles. The van der Waals surface area contributed by atoms with Crippen LogP contribution in [0.3, 0.4) is 0 Å². The van der Waals surface area contributed by atoms with E-state index in [0.717, 1.165) is 58.0 Å². The lowest BCUT2D eigenvalue weighted by Gasteiger charge is -2.21. The molecule has 1 unspecified atom stereocenters. The molecule has 1 aliphatic heterocycles. The molecule has 0 bridgehead atoms. The first-order chi connectivity index (χ1) is 21.7. The van der Waals surface area contributed by atoms with Crippen molar-refractivity contribution in [1.29, 1.82) is 0 Å². The number of methoxy groups -OCH3 is 1. The maximum absolute atomic E-state index is 10.9. The Morgan fingerprint density at radius 2 is 1.09 bits per heavy atom. The van der Waals surface area contributed by atoms with Crippen LogP contribution in [0.4, 0.5) is 0 Å². The van der Waals surface area contributed by atoms with E-state index in [-0.39, 0.29) is 33.7 Å². The molecule has 0 aromatic heterocycles. The lowest BCUT2D eigenvalue weighted by atomic mass is 10.1. The number of hydrogen-bond acceptors (Lipinski definition) is 6. The molecule has 0 spiro atoms. The first-order valence-electron chi connectivity index (χ1n) is 18.2. The Morgan fingerprint density at radius 1 is 0.630 bits per heavy atom. The van der Waals surface area contributed by atoms with Gasteiger partial charge in [-0.2, -0.15) is 0 Å². The molecule has 1 atom stereocenters. The second-order valence-electron chi connectivity index (χ2n) is 11.9. The molecule has 0 aliphatic carbocycles. The van der Waals surface area contributed by atoms with Crippen molar-refractivity contribution in [2.45, 2.75) is 195 Å². The lowest BCUT2D eigenvalue weighted by Crippen LogP contribution is -2.22. The molecule has 0 amide bonds. The van der Waals surface area contributed by atoms with Crippen LogP contribution in [0.1, 0.15) is 188 Å². The van der Waals surface area contributed by atoms with Gasteiger partial charge < -0.3 is 24.4 Å². The molecule has 1 fully saturated rings. The first-order valence-corrected chi connectivity index (χ1v) is 18.2. The topological polar surface area (TPSA) is 85.2 Å². The number of rotatable bonds is 26. The van der Waals surface area contributed by atoms with Gasteiger partial charge in [0.15, 0.2) is 6.29 Å². The van der Waals surface area contributed by atoms with Crippen LogP contribution in [-0.2, 0) is 19.0 Å². The summed E-state index contributed by atoms with van der Waals surface area (Å²) < 4.78 is 15.7. The van der Waals surface area contributed by atoms with Gasteiger partial charge in [0.05, 0.1) is 7.11 Å². The molecule has 1 rings (SSSR count). The van der Waals surface area contributed by atoms with E-state index >= 15 is 0 Å². The van der Waals surface area contributed by atoms with E-state index in [1.807, 2.05) is 0 Å². The number of ether oxygens (including phenoxy) is 3. The summed E-state index contributed by atoms with van der Waals surface area (Å²) in [6.45, 7) is 1.69. The highest BCUT2D eigenvalue weighted by molar-refractivity contribution is 5.68. The zero-order valence-corrected chi connectivity index (χ0v) is 28.5. The van der Waals surface area contributed by atoms with Crippen LogP contribution in [0.25, 0.3) is 0 Å². The summed E-state index contributed by atoms with van der Waals surface area (Å²) in [7, 11) is 1.45. The average Bonchev–Trinajstić information content (AvgIpc) is 3.05. The van der Waals surface area contributed by atoms with Gasteiger partial charge in [-0.1, -0.05) is 136 Å². The van der Waals surface area contributed by atoms with Gasteiger partial charge in [0.1, 0.15) is 13.2 Å². The van der Waals surface area contributed by atoms with Gasteiger partial charge in [-0.25, -0.2) is 0 Å². The molecular formula is C40H76O6. The summed E-state index contributed by atoms with van der Waals surface area (Å²) in [5.74, 6) is 11.8. The van der Waals surface area contributed by atoms with Crippen molar-refractivity contribution >= 4 is 5.97 Å². The Kier molecular flexibility index (Phi) is 46.1. The van der Waals surface area contributed by atoms with E-state index < -0.39 is 0 Å². The summed E-state index contributed by atoms with van der Waals surface area (Å²) in [6.07, 6.45) is 32.2. The van der Waals surface area contributed by atoms with Gasteiger partial charge in [-0.05, 0) is 44.9 Å². The molecule has 1 saturated heterocycles. The Balaban J connectivity index is -0.000000783. The summed E-state index contributed by atoms with van der Waals surface area (Å²) in [5.41, 5.74) is 0. The highest BCUT2D eigenvalue weighted by Crippen LogP contribution is 2.14. The normalized spacial score (nSPS) is 13.4. The standard InChI is InChI=1S/C21H38O3.C17H30O3.2CH4/c22-18-14-11-9-7-5-3-1-2-4-6-8-10-12-15-19-23-21-17-13-16-20-24-21;1-20-17(19)15-13-11-9-7-5-3-2-4-6-8-10-12-14-16-18;;/h21-22H,1-11,13-14,16-20H2;18H,2-11,13,15-16H2,1H3;2*1H4. The predicted molar refractivity (Wildman–Crippen MR) is 196 cm³/mol. The Bertz CT molecular complexity index is 711. The summed E-state index contributed by atoms with van der Waals surface area (Å²) >= 11 is 0. The fourth-order valence-electron chi connectivity index (χ4n) is 5.18. The fraction of sp³-hybridized carbons (Fsp3) is 0.875. The van der Waals surface area contributed by atoms with E-state index in [1.165, 1.54) is 123 Å². The van der Waals surface area contributed by atoms with Crippen molar-refractivity contribution in [3.05, 3.63) is 0 Å². The second kappa shape index (κ2) is 43.4. The molecule has 1 aliphatic rings. The maximum atomic E-state index is 10.9. The molecule has 0 aromatic carbocycles. The average molecular weight is 653 g/mol. The number of aliphatic hydroxyl groups is 2. The molecule has 6 heteroatoms. The van der Waals surface area contributed by atoms with E-state index in [0.29, 0.717) is 19.6 Å². The smallest absolute Gasteiger partial charge is 0.305 e. The minimum absolute atomic E-state index is 0. The van der Waals surface area contributed by atoms with Gasteiger partial charge in [-0.3, -0.25) is 4.79 Å². The molecule has 272 valence electrons. The number of unbranched alkanes of at least 4 members (excludes halogenated alkanes) is 21. The highest BCUT2D eigenvalue weighted by atomic mass is 16.7. The quantitative estimate of drug-likeness (QED) is 0.0549. The van der Waals surface area contributed by atoms with Gasteiger partial charge in [-0.15, -0.1) is 11.8 Å². The number of aliphatic hydroxyl groups excluding tert-OH is 2. The van der Waals surface area contributed by atoms with E-state index in [4.69, 9.17) is 19.7 Å². The summed E-state index contributed by atoms with van der Waals surface area (Å²) in [5, 5.41) is 17.2. The van der Waals surface area contributed by atoms with Crippen molar-refractivity contribution in [3.63, 3.8) is 0 Å². The van der Waals surface area contributed by atoms with Crippen LogP contribution in [0, 0.1) is 23.7 Å². The third-order valence-corrected chi connectivity index (χ3v) is 7.93. The maximum Gasteiger partial charge on any atom is 0.305 e. The van der Waals surface area contributed by atoms with E-state index in [1.54, 1.807) is 0 Å². The molecule has 0 saturated carbocycles. The van der Waals surface area contributed by atoms with Gasteiger partial charge in [0, 0.05) is 32.5 Å². The molecule has 0 radical (unpaired) electrons. The molecule has 46 heavy (non-hydrogen) atoms. The van der Waals surface area contributed by atoms with E-state index in [2.05, 4.69) is 28.4 Å². The van der Waals surface area contributed by atoms with Gasteiger partial charge >= 0.3 is 5.97 Å². The minimum atomic E-state index is -0.0892. The fourth-order valence-corrected chi connectivity index (χ4v) is 5.18. The predicted octanol–water partition coefficient (Wildman–Crippen LogP) is 10.3. The SMILES string of the molecule is C.C.COC(=O)CCCCCCCCCCCCC#CCO.OCCCCCCCCCCCCCC#CCOC1CCCCO1. The lowest BCUT2D eigenvalue weighted by molar-refractivity contribution is -0.154. The Labute approximate surface area is 286 Å². The highest BCUT2D eigenvalue weighted by Gasteiger charge is 2.12. The van der Waals surface area contributed by atoms with Crippen molar-refractivity contribution in [2.24, 2.45) is 0 Å². The van der Waals surface area contributed by atoms with Gasteiger partial charge in [0.2, 0.25) is 0 Å². The van der Waals surface area contributed by atoms with Crippen molar-refractivity contribution in [2.75, 3.05) is 33.5 Å². The molecule has 0 aromatic rings. The number of hydrogen-bond donors (Lipinski definition) is 2. The zero-order chi connectivity index (χ0) is 32.0. The molecular weight excluding hydrogens is 576 g/mol. The van der Waals surface area contributed by atoms with Crippen LogP contribution >= 0.6 is 0 Å². The van der Waals surface area contributed by atoms with E-state index in [9.17, 15) is 4.79 Å². The molecule has 2 N–H and O–H groups in total. The largest absolute Gasteiger partial charge is 0.469 e. The van der Waals surface area contributed by atoms with Crippen LogP contribution in [-0.4, -0.2) is 56.0 Å². The second-order valence-corrected chi connectivity index (χ2v) is 11.9. The summed E-state index contributed by atoms with van der Waals surface area (Å²) in [4.78, 5) is 10.9. The first kappa shape index (κ1) is 48.8. The van der Waals surface area contributed by atoms with Crippen molar-refractivity contribution in [1.82, 2.24) is 0 Å². The summed E-state index contributed by atoms with van der Waals surface area (Å²) in [6, 6.07) is 0. The van der Waals surface area contributed by atoms with Crippen LogP contribution in [0.15, 0.2) is 0 Å². The van der Waals surface area contributed by atoms with Gasteiger partial charge in [0.25, 0.3) is 0 Å². The third kappa shape index (κ3) is 40.5. The monoisotopic (exact) mass is 653 g/mol. The number of esters is 1. The van der Waals surface area contributed by atoms with Crippen LogP contribution in [0.2, 0.25) is 0 Å². The number of carbonyl (C=O) groups excluding carboxylic acids is 1. The minimum Gasteiger partial charge on any atom is -0.469 e. The third-order valence-electron chi connectivity index (χ3n) is 7.93. The molecule has 6 nitrogen and oxygen atoms in total. The van der Waals surface area contributed by atoms with Crippen molar-refractivity contribution < 1.29 is 29.2 Å². The number of carbonyl (C=O) groups is 1. The van der Waals surface area contributed by atoms with Crippen molar-refractivity contribution in [3.8, 4) is 23.7 Å². The Hall–Kier alpha value is -1.57. The zero-order valence-electron chi connectivity index (χ0n) is 28.5. The van der Waals surface area contributed by atoms with Crippen LogP contribution in [0.5, 0.6) is 0 Å².